The molecule has 7 heteroatoms. The Kier molecular flexibility index (Phi) is 7.25. The van der Waals surface area contributed by atoms with Crippen LogP contribution in [0.15, 0.2) is 41.8 Å². The lowest BCUT2D eigenvalue weighted by molar-refractivity contribution is 0.239. The molecular formula is C16H25N3O3S. The Morgan fingerprint density at radius 2 is 1.83 bits per heavy atom. The Labute approximate surface area is 138 Å². The molecule has 0 aromatic heterocycles. The van der Waals surface area contributed by atoms with Crippen LogP contribution >= 0.6 is 0 Å². The molecule has 0 spiro atoms. The molecule has 0 saturated carbocycles. The summed E-state index contributed by atoms with van der Waals surface area (Å²) >= 11 is 0. The van der Waals surface area contributed by atoms with Crippen molar-refractivity contribution in [3.63, 3.8) is 0 Å². The summed E-state index contributed by atoms with van der Waals surface area (Å²) in [5.41, 5.74) is 0.831. The van der Waals surface area contributed by atoms with E-state index >= 15 is 0 Å². The second-order valence-corrected chi connectivity index (χ2v) is 6.96. The molecule has 1 aromatic rings. The van der Waals surface area contributed by atoms with Crippen LogP contribution in [0.25, 0.3) is 0 Å². The van der Waals surface area contributed by atoms with Gasteiger partial charge in [-0.1, -0.05) is 32.1 Å². The van der Waals surface area contributed by atoms with Crippen molar-refractivity contribution in [3.8, 4) is 0 Å². The molecule has 2 amide bonds. The van der Waals surface area contributed by atoms with Crippen LogP contribution in [-0.2, 0) is 10.0 Å². The monoisotopic (exact) mass is 339 g/mol. The van der Waals surface area contributed by atoms with E-state index < -0.39 is 10.0 Å². The van der Waals surface area contributed by atoms with Crippen molar-refractivity contribution in [2.75, 3.05) is 19.6 Å². The lowest BCUT2D eigenvalue weighted by Crippen LogP contribution is -2.37. The van der Waals surface area contributed by atoms with Gasteiger partial charge in [-0.25, -0.2) is 13.2 Å². The van der Waals surface area contributed by atoms with Crippen LogP contribution in [0.5, 0.6) is 0 Å². The highest BCUT2D eigenvalue weighted by Gasteiger charge is 2.21. The van der Waals surface area contributed by atoms with E-state index in [1.807, 2.05) is 20.8 Å². The largest absolute Gasteiger partial charge is 0.335 e. The second-order valence-electron chi connectivity index (χ2n) is 5.02. The fourth-order valence-corrected chi connectivity index (χ4v) is 3.59. The summed E-state index contributed by atoms with van der Waals surface area (Å²) < 4.78 is 26.2. The average molecular weight is 339 g/mol. The van der Waals surface area contributed by atoms with Gasteiger partial charge < -0.3 is 10.6 Å². The van der Waals surface area contributed by atoms with Crippen molar-refractivity contribution in [2.24, 2.45) is 0 Å². The van der Waals surface area contributed by atoms with Crippen LogP contribution in [0.3, 0.4) is 0 Å². The van der Waals surface area contributed by atoms with Gasteiger partial charge in [0.1, 0.15) is 0 Å². The van der Waals surface area contributed by atoms with E-state index in [1.165, 1.54) is 4.31 Å². The summed E-state index contributed by atoms with van der Waals surface area (Å²) in [6.07, 6.45) is 1.59. The zero-order valence-electron chi connectivity index (χ0n) is 13.9. The van der Waals surface area contributed by atoms with Gasteiger partial charge in [-0.15, -0.1) is 6.58 Å². The van der Waals surface area contributed by atoms with Crippen LogP contribution in [0, 0.1) is 0 Å². The van der Waals surface area contributed by atoms with Gasteiger partial charge in [-0.3, -0.25) is 0 Å². The maximum Gasteiger partial charge on any atom is 0.315 e. The zero-order chi connectivity index (χ0) is 17.5. The van der Waals surface area contributed by atoms with E-state index in [4.69, 9.17) is 0 Å². The van der Waals surface area contributed by atoms with Crippen molar-refractivity contribution >= 4 is 16.1 Å². The van der Waals surface area contributed by atoms with Gasteiger partial charge >= 0.3 is 6.03 Å². The van der Waals surface area contributed by atoms with E-state index in [-0.39, 0.29) is 17.0 Å². The Morgan fingerprint density at radius 1 is 1.26 bits per heavy atom. The molecule has 0 aliphatic carbocycles. The van der Waals surface area contributed by atoms with Crippen molar-refractivity contribution < 1.29 is 13.2 Å². The number of hydrogen-bond acceptors (Lipinski definition) is 3. The molecule has 0 radical (unpaired) electrons. The molecule has 0 heterocycles. The maximum absolute atomic E-state index is 12.4. The third kappa shape index (κ3) is 5.07. The van der Waals surface area contributed by atoms with Crippen molar-refractivity contribution in [3.05, 3.63) is 42.5 Å². The number of benzene rings is 1. The SMILES string of the molecule is C=CCNC(=O)NC(C)c1ccc(S(=O)(=O)N(CC)CC)cc1. The average Bonchev–Trinajstić information content (AvgIpc) is 2.53. The van der Waals surface area contributed by atoms with Gasteiger partial charge in [0.25, 0.3) is 0 Å². The van der Waals surface area contributed by atoms with Gasteiger partial charge in [-0.2, -0.15) is 4.31 Å². The minimum Gasteiger partial charge on any atom is -0.335 e. The Morgan fingerprint density at radius 3 is 2.30 bits per heavy atom. The van der Waals surface area contributed by atoms with Crippen molar-refractivity contribution in [1.29, 1.82) is 0 Å². The van der Waals surface area contributed by atoms with Crippen LogP contribution < -0.4 is 10.6 Å². The first-order valence-corrected chi connectivity index (χ1v) is 9.06. The Hall–Kier alpha value is -1.86. The van der Waals surface area contributed by atoms with Crippen molar-refractivity contribution in [1.82, 2.24) is 14.9 Å². The highest BCUT2D eigenvalue weighted by Crippen LogP contribution is 2.19. The number of nitrogens with one attached hydrogen (secondary N) is 2. The van der Waals surface area contributed by atoms with E-state index in [0.29, 0.717) is 19.6 Å². The number of urea groups is 1. The molecular weight excluding hydrogens is 314 g/mol. The van der Waals surface area contributed by atoms with Crippen LogP contribution in [0.4, 0.5) is 4.79 Å². The number of carbonyl (C=O) groups excluding carboxylic acids is 1. The molecule has 0 aliphatic rings. The van der Waals surface area contributed by atoms with Gasteiger partial charge in [0.2, 0.25) is 10.0 Å². The third-order valence-electron chi connectivity index (χ3n) is 3.48. The van der Waals surface area contributed by atoms with E-state index in [1.54, 1.807) is 30.3 Å². The lowest BCUT2D eigenvalue weighted by atomic mass is 10.1. The number of carbonyl (C=O) groups is 1. The Balaban J connectivity index is 2.84. The number of nitrogens with zero attached hydrogens (tertiary/aromatic N) is 1. The molecule has 23 heavy (non-hydrogen) atoms. The maximum atomic E-state index is 12.4. The first-order valence-electron chi connectivity index (χ1n) is 7.62. The quantitative estimate of drug-likeness (QED) is 0.713. The molecule has 0 bridgehead atoms. The highest BCUT2D eigenvalue weighted by atomic mass is 32.2. The third-order valence-corrected chi connectivity index (χ3v) is 5.54. The molecule has 1 aromatic carbocycles. The minimum atomic E-state index is -3.46. The van der Waals surface area contributed by atoms with Gasteiger partial charge in [0.15, 0.2) is 0 Å². The summed E-state index contributed by atoms with van der Waals surface area (Å²) in [7, 11) is -3.46. The smallest absolute Gasteiger partial charge is 0.315 e. The van der Waals surface area contributed by atoms with E-state index in [2.05, 4.69) is 17.2 Å². The van der Waals surface area contributed by atoms with E-state index in [9.17, 15) is 13.2 Å². The summed E-state index contributed by atoms with van der Waals surface area (Å²) in [6.45, 7) is 10.2. The van der Waals surface area contributed by atoms with Gasteiger partial charge in [-0.05, 0) is 24.6 Å². The number of hydrogen-bond donors (Lipinski definition) is 2. The van der Waals surface area contributed by atoms with Gasteiger partial charge in [0.05, 0.1) is 10.9 Å². The molecule has 0 aliphatic heterocycles. The molecule has 2 N–H and O–H groups in total. The van der Waals surface area contributed by atoms with Crippen LogP contribution in [0.1, 0.15) is 32.4 Å². The first kappa shape index (κ1) is 19.2. The molecule has 1 atom stereocenters. The summed E-state index contributed by atoms with van der Waals surface area (Å²) in [4.78, 5) is 11.9. The lowest BCUT2D eigenvalue weighted by Gasteiger charge is -2.19. The fourth-order valence-electron chi connectivity index (χ4n) is 2.14. The van der Waals surface area contributed by atoms with E-state index in [0.717, 1.165) is 5.56 Å². The normalized spacial score (nSPS) is 12.7. The van der Waals surface area contributed by atoms with Crippen LogP contribution in [-0.4, -0.2) is 38.4 Å². The van der Waals surface area contributed by atoms with Crippen molar-refractivity contribution in [2.45, 2.75) is 31.7 Å². The molecule has 1 rings (SSSR count). The Bertz CT molecular complexity index is 622. The predicted molar refractivity (Wildman–Crippen MR) is 91.7 cm³/mol. The topological polar surface area (TPSA) is 78.5 Å². The first-order chi connectivity index (χ1) is 10.9. The number of sulfonamides is 1. The summed E-state index contributed by atoms with van der Waals surface area (Å²) in [5, 5.41) is 5.40. The molecule has 6 nitrogen and oxygen atoms in total. The molecule has 0 saturated heterocycles. The number of amides is 2. The second kappa shape index (κ2) is 8.69. The summed E-state index contributed by atoms with van der Waals surface area (Å²) in [6, 6.07) is 6.05. The summed E-state index contributed by atoms with van der Waals surface area (Å²) in [5.74, 6) is 0. The predicted octanol–water partition coefficient (Wildman–Crippen LogP) is 2.26. The fraction of sp³-hybridized carbons (Fsp3) is 0.438. The molecule has 0 fully saturated rings. The molecule has 128 valence electrons. The van der Waals surface area contributed by atoms with Crippen LogP contribution in [0.2, 0.25) is 0 Å². The minimum absolute atomic E-state index is 0.231. The number of rotatable bonds is 8. The highest BCUT2D eigenvalue weighted by molar-refractivity contribution is 7.89. The standard InChI is InChI=1S/C16H25N3O3S/c1-5-12-17-16(20)18-13(4)14-8-10-15(11-9-14)23(21,22)19(6-2)7-3/h5,8-11,13H,1,6-7,12H2,2-4H3,(H2,17,18,20). The van der Waals surface area contributed by atoms with Gasteiger partial charge in [0, 0.05) is 19.6 Å². The zero-order valence-corrected chi connectivity index (χ0v) is 14.7. The molecule has 1 unspecified atom stereocenters.